The number of hydrogen-bond donors (Lipinski definition) is 0. The fraction of sp³-hybridized carbons (Fsp3) is 0.600. The van der Waals surface area contributed by atoms with Crippen LogP contribution in [0.3, 0.4) is 0 Å². The Morgan fingerprint density at radius 1 is 1.11 bits per heavy atom. The molecule has 0 unspecified atom stereocenters. The van der Waals surface area contributed by atoms with Gasteiger partial charge in [-0.15, -0.1) is 0 Å². The Morgan fingerprint density at radius 3 is 2.83 bits per heavy atom. The molecule has 0 radical (unpaired) electrons. The van der Waals surface area contributed by atoms with Crippen molar-refractivity contribution in [1.29, 1.82) is 0 Å². The fourth-order valence-corrected chi connectivity index (χ4v) is 2.88. The Balaban J connectivity index is 1.63. The third-order valence-electron chi connectivity index (χ3n) is 3.82. The lowest BCUT2D eigenvalue weighted by Gasteiger charge is -2.31. The monoisotopic (exact) mass is 247 g/mol. The lowest BCUT2D eigenvalue weighted by atomic mass is 10.00. The maximum atomic E-state index is 5.81. The fourth-order valence-electron chi connectivity index (χ4n) is 2.88. The Morgan fingerprint density at radius 2 is 1.94 bits per heavy atom. The minimum atomic E-state index is 0.0412. The molecule has 1 aromatic carbocycles. The molecule has 1 aromatic rings. The van der Waals surface area contributed by atoms with E-state index in [1.54, 1.807) is 0 Å². The van der Waals surface area contributed by atoms with E-state index in [0.717, 1.165) is 32.8 Å². The number of fused-ring (bicyclic) bond motifs is 1. The molecule has 3 nitrogen and oxygen atoms in total. The van der Waals surface area contributed by atoms with Gasteiger partial charge in [-0.3, -0.25) is 4.90 Å². The molecule has 0 spiro atoms. The Hall–Kier alpha value is -0.900. The van der Waals surface area contributed by atoms with Crippen LogP contribution >= 0.6 is 0 Å². The summed E-state index contributed by atoms with van der Waals surface area (Å²) in [6.45, 7) is 4.77. The summed E-state index contributed by atoms with van der Waals surface area (Å²) in [5.74, 6) is 0.546. The number of hydrogen-bond acceptors (Lipinski definition) is 3. The molecule has 2 aliphatic rings. The van der Waals surface area contributed by atoms with E-state index in [1.165, 1.54) is 18.4 Å². The van der Waals surface area contributed by atoms with Gasteiger partial charge >= 0.3 is 0 Å². The average molecular weight is 247 g/mol. The van der Waals surface area contributed by atoms with Crippen LogP contribution in [-0.2, 0) is 16.0 Å². The van der Waals surface area contributed by atoms with E-state index in [4.69, 9.17) is 9.47 Å². The molecule has 0 bridgehead atoms. The summed E-state index contributed by atoms with van der Waals surface area (Å²) < 4.78 is 11.5. The average Bonchev–Trinajstić information content (AvgIpc) is 2.61. The molecule has 98 valence electrons. The SMILES string of the molecule is c1ccc(CN2CCO[C@H]3OCCC[C@H]3C2)cc1. The highest BCUT2D eigenvalue weighted by molar-refractivity contribution is 5.14. The summed E-state index contributed by atoms with van der Waals surface area (Å²) in [6, 6.07) is 10.7. The lowest BCUT2D eigenvalue weighted by molar-refractivity contribution is -0.183. The Kier molecular flexibility index (Phi) is 3.93. The normalized spacial score (nSPS) is 29.6. The largest absolute Gasteiger partial charge is 0.352 e. The summed E-state index contributed by atoms with van der Waals surface area (Å²) in [7, 11) is 0. The predicted molar refractivity (Wildman–Crippen MR) is 70.1 cm³/mol. The van der Waals surface area contributed by atoms with E-state index < -0.39 is 0 Å². The second-order valence-electron chi connectivity index (χ2n) is 5.23. The van der Waals surface area contributed by atoms with Crippen LogP contribution in [0.4, 0.5) is 0 Å². The summed E-state index contributed by atoms with van der Waals surface area (Å²) in [5, 5.41) is 0. The summed E-state index contributed by atoms with van der Waals surface area (Å²) >= 11 is 0. The molecule has 18 heavy (non-hydrogen) atoms. The Bertz CT molecular complexity index is 368. The second kappa shape index (κ2) is 5.83. The quantitative estimate of drug-likeness (QED) is 0.800. The molecule has 3 heteroatoms. The van der Waals surface area contributed by atoms with Crippen molar-refractivity contribution in [2.75, 3.05) is 26.3 Å². The zero-order valence-electron chi connectivity index (χ0n) is 10.8. The highest BCUT2D eigenvalue weighted by atomic mass is 16.7. The van der Waals surface area contributed by atoms with Gasteiger partial charge in [0.05, 0.1) is 6.61 Å². The number of nitrogens with zero attached hydrogens (tertiary/aromatic N) is 1. The molecule has 2 atom stereocenters. The zero-order chi connectivity index (χ0) is 12.2. The molecule has 0 aromatic heterocycles. The van der Waals surface area contributed by atoms with Crippen LogP contribution in [0, 0.1) is 5.92 Å². The van der Waals surface area contributed by atoms with Crippen LogP contribution in [0.2, 0.25) is 0 Å². The molecule has 0 saturated carbocycles. The third kappa shape index (κ3) is 2.91. The molecule has 2 saturated heterocycles. The standard InChI is InChI=1S/C15H21NO2/c1-2-5-13(6-3-1)11-16-8-10-18-15-14(12-16)7-4-9-17-15/h1-3,5-6,14-15H,4,7-12H2/t14-,15+/m0/s1. The second-order valence-corrected chi connectivity index (χ2v) is 5.23. The highest BCUT2D eigenvalue weighted by Crippen LogP contribution is 2.25. The molecule has 2 aliphatic heterocycles. The smallest absolute Gasteiger partial charge is 0.161 e. The first-order chi connectivity index (χ1) is 8.92. The van der Waals surface area contributed by atoms with Crippen molar-refractivity contribution in [1.82, 2.24) is 4.90 Å². The van der Waals surface area contributed by atoms with E-state index in [9.17, 15) is 0 Å². The number of ether oxygens (including phenoxy) is 2. The van der Waals surface area contributed by atoms with Gasteiger partial charge in [0.25, 0.3) is 0 Å². The van der Waals surface area contributed by atoms with Gasteiger partial charge in [0, 0.05) is 32.2 Å². The van der Waals surface area contributed by atoms with E-state index in [0.29, 0.717) is 5.92 Å². The van der Waals surface area contributed by atoms with Gasteiger partial charge in [-0.05, 0) is 18.4 Å². The van der Waals surface area contributed by atoms with Crippen LogP contribution in [0.1, 0.15) is 18.4 Å². The van der Waals surface area contributed by atoms with Crippen molar-refractivity contribution in [3.8, 4) is 0 Å². The van der Waals surface area contributed by atoms with Gasteiger partial charge in [0.1, 0.15) is 0 Å². The van der Waals surface area contributed by atoms with Crippen molar-refractivity contribution in [3.05, 3.63) is 35.9 Å². The van der Waals surface area contributed by atoms with Crippen molar-refractivity contribution >= 4 is 0 Å². The number of rotatable bonds is 2. The van der Waals surface area contributed by atoms with Gasteiger partial charge in [0.15, 0.2) is 6.29 Å². The van der Waals surface area contributed by atoms with Gasteiger partial charge < -0.3 is 9.47 Å². The number of benzene rings is 1. The first-order valence-electron chi connectivity index (χ1n) is 6.91. The summed E-state index contributed by atoms with van der Waals surface area (Å²) in [5.41, 5.74) is 1.38. The molecular weight excluding hydrogens is 226 g/mol. The zero-order valence-corrected chi connectivity index (χ0v) is 10.8. The summed E-state index contributed by atoms with van der Waals surface area (Å²) in [4.78, 5) is 2.49. The molecule has 3 rings (SSSR count). The minimum absolute atomic E-state index is 0.0412. The lowest BCUT2D eigenvalue weighted by Crippen LogP contribution is -2.36. The van der Waals surface area contributed by atoms with Crippen molar-refractivity contribution in [3.63, 3.8) is 0 Å². The van der Waals surface area contributed by atoms with Crippen molar-refractivity contribution in [2.45, 2.75) is 25.7 Å². The maximum Gasteiger partial charge on any atom is 0.161 e. The van der Waals surface area contributed by atoms with Crippen LogP contribution in [0.25, 0.3) is 0 Å². The molecule has 0 amide bonds. The van der Waals surface area contributed by atoms with E-state index in [2.05, 4.69) is 35.2 Å². The first kappa shape index (κ1) is 12.2. The third-order valence-corrected chi connectivity index (χ3v) is 3.82. The maximum absolute atomic E-state index is 5.81. The van der Waals surface area contributed by atoms with Gasteiger partial charge in [-0.2, -0.15) is 0 Å². The summed E-state index contributed by atoms with van der Waals surface area (Å²) in [6.07, 6.45) is 2.44. The molecule has 0 aliphatic carbocycles. The topological polar surface area (TPSA) is 21.7 Å². The predicted octanol–water partition coefficient (Wildman–Crippen LogP) is 2.27. The molecular formula is C15H21NO2. The van der Waals surface area contributed by atoms with E-state index in [1.807, 2.05) is 0 Å². The minimum Gasteiger partial charge on any atom is -0.352 e. The highest BCUT2D eigenvalue weighted by Gasteiger charge is 2.30. The molecule has 2 heterocycles. The van der Waals surface area contributed by atoms with Crippen LogP contribution < -0.4 is 0 Å². The van der Waals surface area contributed by atoms with Crippen molar-refractivity contribution < 1.29 is 9.47 Å². The van der Waals surface area contributed by atoms with Crippen LogP contribution in [0.5, 0.6) is 0 Å². The van der Waals surface area contributed by atoms with Gasteiger partial charge in [0.2, 0.25) is 0 Å². The van der Waals surface area contributed by atoms with E-state index in [-0.39, 0.29) is 6.29 Å². The van der Waals surface area contributed by atoms with Gasteiger partial charge in [-0.1, -0.05) is 30.3 Å². The van der Waals surface area contributed by atoms with Crippen LogP contribution in [0.15, 0.2) is 30.3 Å². The molecule has 0 N–H and O–H groups in total. The van der Waals surface area contributed by atoms with Crippen LogP contribution in [-0.4, -0.2) is 37.5 Å². The molecule has 2 fully saturated rings. The van der Waals surface area contributed by atoms with E-state index >= 15 is 0 Å². The van der Waals surface area contributed by atoms with Crippen molar-refractivity contribution in [2.24, 2.45) is 5.92 Å². The Labute approximate surface area is 109 Å². The van der Waals surface area contributed by atoms with Gasteiger partial charge in [-0.25, -0.2) is 0 Å². The first-order valence-corrected chi connectivity index (χ1v) is 6.91.